The molecule has 0 saturated carbocycles. The summed E-state index contributed by atoms with van der Waals surface area (Å²) in [5, 5.41) is 13.3. The van der Waals surface area contributed by atoms with Crippen LogP contribution in [-0.2, 0) is 0 Å². The smallest absolute Gasteiger partial charge is 0.345 e. The van der Waals surface area contributed by atoms with E-state index in [4.69, 9.17) is 5.73 Å². The fourth-order valence-electron chi connectivity index (χ4n) is 2.89. The average Bonchev–Trinajstić information content (AvgIpc) is 3.15. The molecule has 0 saturated heterocycles. The van der Waals surface area contributed by atoms with Gasteiger partial charge in [0.05, 0.1) is 0 Å². The Hall–Kier alpha value is -3.78. The molecule has 4 aromatic rings. The Bertz CT molecular complexity index is 1250. The van der Waals surface area contributed by atoms with E-state index < -0.39 is 5.97 Å². The molecule has 8 heteroatoms. The van der Waals surface area contributed by atoms with Crippen LogP contribution in [0.2, 0.25) is 0 Å². The molecule has 0 aliphatic rings. The van der Waals surface area contributed by atoms with Crippen molar-refractivity contribution in [3.63, 3.8) is 0 Å². The number of aliphatic imine (C=N–C) groups is 1. The molecule has 0 amide bonds. The highest BCUT2D eigenvalue weighted by Crippen LogP contribution is 2.30. The highest BCUT2D eigenvalue weighted by molar-refractivity contribution is 7.20. The summed E-state index contributed by atoms with van der Waals surface area (Å²) in [6, 6.07) is 14.7. The minimum Gasteiger partial charge on any atom is -0.477 e. The SMILES string of the molecule is CN=Cc1cc(Nc2ccnc(-c3ccc4cc(C(=O)O)sc4c3)n2)ccc1N. The normalized spacial score (nSPS) is 11.2. The van der Waals surface area contributed by atoms with Crippen LogP contribution in [0.5, 0.6) is 0 Å². The van der Waals surface area contributed by atoms with E-state index >= 15 is 0 Å². The topological polar surface area (TPSA) is 113 Å². The molecule has 0 bridgehead atoms. The van der Waals surface area contributed by atoms with E-state index in [1.54, 1.807) is 31.6 Å². The molecule has 7 nitrogen and oxygen atoms in total. The molecule has 4 rings (SSSR count). The molecule has 0 aliphatic carbocycles. The molecule has 2 aromatic carbocycles. The number of nitrogens with zero attached hydrogens (tertiary/aromatic N) is 3. The summed E-state index contributed by atoms with van der Waals surface area (Å²) in [5.74, 6) is 0.260. The quantitative estimate of drug-likeness (QED) is 0.335. The molecule has 0 aliphatic heterocycles. The number of nitrogens with two attached hydrogens (primary N) is 1. The second kappa shape index (κ2) is 7.69. The van der Waals surface area contributed by atoms with Crippen LogP contribution >= 0.6 is 11.3 Å². The zero-order chi connectivity index (χ0) is 20.4. The fraction of sp³-hybridized carbons (Fsp3) is 0.0476. The molecular formula is C21H17N5O2S. The molecule has 0 unspecified atom stereocenters. The van der Waals surface area contributed by atoms with Crippen LogP contribution in [0.25, 0.3) is 21.5 Å². The number of carboxylic acids is 1. The third kappa shape index (κ3) is 3.92. The number of aromatic carboxylic acids is 1. The van der Waals surface area contributed by atoms with Gasteiger partial charge < -0.3 is 16.2 Å². The van der Waals surface area contributed by atoms with Crippen LogP contribution < -0.4 is 11.1 Å². The predicted molar refractivity (Wildman–Crippen MR) is 117 cm³/mol. The van der Waals surface area contributed by atoms with Gasteiger partial charge in [0.15, 0.2) is 5.82 Å². The van der Waals surface area contributed by atoms with E-state index in [0.717, 1.165) is 26.9 Å². The third-order valence-corrected chi connectivity index (χ3v) is 5.36. The number of fused-ring (bicyclic) bond motifs is 1. The molecule has 29 heavy (non-hydrogen) atoms. The van der Waals surface area contributed by atoms with Gasteiger partial charge >= 0.3 is 5.97 Å². The molecule has 0 fully saturated rings. The van der Waals surface area contributed by atoms with Crippen LogP contribution in [0.1, 0.15) is 15.2 Å². The van der Waals surface area contributed by atoms with Crippen molar-refractivity contribution < 1.29 is 9.90 Å². The Kier molecular flexibility index (Phi) is 4.92. The lowest BCUT2D eigenvalue weighted by molar-refractivity contribution is 0.0702. The number of carbonyl (C=O) groups is 1. The maximum absolute atomic E-state index is 11.2. The predicted octanol–water partition coefficient (Wildman–Crippen LogP) is 4.43. The van der Waals surface area contributed by atoms with Crippen LogP contribution in [0, 0.1) is 0 Å². The number of hydrogen-bond donors (Lipinski definition) is 3. The Balaban J connectivity index is 1.64. The number of rotatable bonds is 5. The van der Waals surface area contributed by atoms with Crippen molar-refractivity contribution in [1.82, 2.24) is 9.97 Å². The Morgan fingerprint density at radius 2 is 2.07 bits per heavy atom. The van der Waals surface area contributed by atoms with E-state index in [1.165, 1.54) is 11.3 Å². The average molecular weight is 403 g/mol. The second-order valence-electron chi connectivity index (χ2n) is 6.29. The van der Waals surface area contributed by atoms with Crippen molar-refractivity contribution in [2.75, 3.05) is 18.1 Å². The van der Waals surface area contributed by atoms with Crippen LogP contribution in [0.4, 0.5) is 17.2 Å². The largest absolute Gasteiger partial charge is 0.477 e. The summed E-state index contributed by atoms with van der Waals surface area (Å²) in [5.41, 5.74) is 9.07. The van der Waals surface area contributed by atoms with Gasteiger partial charge in [-0.05, 0) is 41.8 Å². The Labute approximate surface area is 170 Å². The number of benzene rings is 2. The highest BCUT2D eigenvalue weighted by atomic mass is 32.1. The fourth-order valence-corrected chi connectivity index (χ4v) is 3.84. The lowest BCUT2D eigenvalue weighted by atomic mass is 10.1. The van der Waals surface area contributed by atoms with Crippen molar-refractivity contribution in [3.05, 3.63) is 65.2 Å². The van der Waals surface area contributed by atoms with Gasteiger partial charge in [0, 0.05) is 46.7 Å². The molecule has 2 heterocycles. The number of thiophene rings is 1. The first-order valence-electron chi connectivity index (χ1n) is 8.72. The van der Waals surface area contributed by atoms with Gasteiger partial charge in [-0.3, -0.25) is 4.99 Å². The summed E-state index contributed by atoms with van der Waals surface area (Å²) in [7, 11) is 1.69. The van der Waals surface area contributed by atoms with Gasteiger partial charge in [-0.15, -0.1) is 11.3 Å². The number of hydrogen-bond acceptors (Lipinski definition) is 7. The van der Waals surface area contributed by atoms with E-state index in [9.17, 15) is 9.90 Å². The number of nitrogen functional groups attached to an aromatic ring is 1. The van der Waals surface area contributed by atoms with Crippen LogP contribution in [-0.4, -0.2) is 34.3 Å². The summed E-state index contributed by atoms with van der Waals surface area (Å²) < 4.78 is 0.879. The number of anilines is 3. The summed E-state index contributed by atoms with van der Waals surface area (Å²) in [6.45, 7) is 0. The second-order valence-corrected chi connectivity index (χ2v) is 7.37. The summed E-state index contributed by atoms with van der Waals surface area (Å²) in [6.07, 6.45) is 3.38. The minimum absolute atomic E-state index is 0.309. The van der Waals surface area contributed by atoms with Gasteiger partial charge in [0.2, 0.25) is 0 Å². The molecule has 4 N–H and O–H groups in total. The molecule has 0 radical (unpaired) electrons. The monoisotopic (exact) mass is 403 g/mol. The van der Waals surface area contributed by atoms with E-state index in [-0.39, 0.29) is 0 Å². The van der Waals surface area contributed by atoms with Gasteiger partial charge in [-0.1, -0.05) is 12.1 Å². The standard InChI is InChI=1S/C21H17N5O2S/c1-23-11-14-8-15(4-5-16(14)22)25-19-6-7-24-20(26-19)13-3-2-12-9-18(21(27)28)29-17(12)10-13/h2-11H,22H2,1H3,(H,27,28)(H,24,25,26). The Morgan fingerprint density at radius 1 is 1.21 bits per heavy atom. The molecule has 0 spiro atoms. The van der Waals surface area contributed by atoms with Crippen molar-refractivity contribution in [2.24, 2.45) is 4.99 Å². The Morgan fingerprint density at radius 3 is 2.86 bits per heavy atom. The first kappa shape index (κ1) is 18.6. The van der Waals surface area contributed by atoms with E-state index in [1.807, 2.05) is 36.4 Å². The molecular weight excluding hydrogens is 386 g/mol. The van der Waals surface area contributed by atoms with Gasteiger partial charge in [-0.2, -0.15) is 0 Å². The van der Waals surface area contributed by atoms with Crippen molar-refractivity contribution in [2.45, 2.75) is 0 Å². The summed E-state index contributed by atoms with van der Waals surface area (Å²) in [4.78, 5) is 24.5. The molecule has 144 valence electrons. The van der Waals surface area contributed by atoms with Gasteiger partial charge in [0.25, 0.3) is 0 Å². The minimum atomic E-state index is -0.925. The van der Waals surface area contributed by atoms with Crippen molar-refractivity contribution >= 4 is 50.8 Å². The van der Waals surface area contributed by atoms with Crippen LogP contribution in [0.3, 0.4) is 0 Å². The molecule has 0 atom stereocenters. The van der Waals surface area contributed by atoms with E-state index in [0.29, 0.717) is 22.2 Å². The zero-order valence-electron chi connectivity index (χ0n) is 15.5. The number of aromatic nitrogens is 2. The first-order chi connectivity index (χ1) is 14.0. The third-order valence-electron chi connectivity index (χ3n) is 4.27. The van der Waals surface area contributed by atoms with E-state index in [2.05, 4.69) is 20.3 Å². The first-order valence-corrected chi connectivity index (χ1v) is 9.54. The lowest BCUT2D eigenvalue weighted by Gasteiger charge is -2.09. The van der Waals surface area contributed by atoms with Crippen molar-refractivity contribution in [3.8, 4) is 11.4 Å². The van der Waals surface area contributed by atoms with Crippen LogP contribution in [0.15, 0.2) is 59.7 Å². The van der Waals surface area contributed by atoms with Crippen molar-refractivity contribution in [1.29, 1.82) is 0 Å². The maximum Gasteiger partial charge on any atom is 0.345 e. The maximum atomic E-state index is 11.2. The van der Waals surface area contributed by atoms with Gasteiger partial charge in [-0.25, -0.2) is 14.8 Å². The summed E-state index contributed by atoms with van der Waals surface area (Å²) >= 11 is 1.23. The highest BCUT2D eigenvalue weighted by Gasteiger charge is 2.11. The number of nitrogens with one attached hydrogen (secondary N) is 1. The molecule has 2 aromatic heterocycles. The zero-order valence-corrected chi connectivity index (χ0v) is 16.3. The lowest BCUT2D eigenvalue weighted by Crippen LogP contribution is -1.99. The van der Waals surface area contributed by atoms with Gasteiger partial charge in [0.1, 0.15) is 10.7 Å². The number of carboxylic acid groups (broad SMARTS) is 1.